The minimum atomic E-state index is -0.412. The average Bonchev–Trinajstić information content (AvgIpc) is 2.81. The van der Waals surface area contributed by atoms with Gasteiger partial charge in [-0.05, 0) is 0 Å². The quantitative estimate of drug-likeness (QED) is 0.929. The van der Waals surface area contributed by atoms with Crippen LogP contribution in [0.5, 0.6) is 0 Å². The smallest absolute Gasteiger partial charge is 0.223 e. The van der Waals surface area contributed by atoms with E-state index in [9.17, 15) is 9.18 Å². The minimum absolute atomic E-state index is 0.117. The van der Waals surface area contributed by atoms with E-state index in [1.165, 1.54) is 30.7 Å². The fourth-order valence-electron chi connectivity index (χ4n) is 2.20. The van der Waals surface area contributed by atoms with Gasteiger partial charge < -0.3 is 5.32 Å². The number of likely N-dealkylation sites (tertiary alicyclic amines) is 1. The van der Waals surface area contributed by atoms with E-state index in [0.717, 1.165) is 24.5 Å². The number of halogens is 1. The number of rotatable bonds is 4. The normalized spacial score (nSPS) is 15.7. The lowest BCUT2D eigenvalue weighted by molar-refractivity contribution is -0.114. The van der Waals surface area contributed by atoms with Gasteiger partial charge >= 0.3 is 0 Å². The highest BCUT2D eigenvalue weighted by atomic mass is 32.1. The molecule has 0 atom stereocenters. The molecule has 110 valence electrons. The number of thiazole rings is 1. The molecule has 3 rings (SSSR count). The van der Waals surface area contributed by atoms with Crippen molar-refractivity contribution in [1.82, 2.24) is 19.9 Å². The second-order valence-corrected chi connectivity index (χ2v) is 6.08. The van der Waals surface area contributed by atoms with Crippen molar-refractivity contribution in [1.29, 1.82) is 0 Å². The van der Waals surface area contributed by atoms with E-state index in [0.29, 0.717) is 11.0 Å². The molecule has 0 spiro atoms. The van der Waals surface area contributed by atoms with Crippen molar-refractivity contribution in [2.24, 2.45) is 0 Å². The van der Waals surface area contributed by atoms with Crippen LogP contribution in [0.4, 0.5) is 9.52 Å². The van der Waals surface area contributed by atoms with Crippen LogP contribution >= 0.6 is 11.3 Å². The monoisotopic (exact) mass is 307 g/mol. The average molecular weight is 307 g/mol. The molecule has 1 N–H and O–H groups in total. The Hall–Kier alpha value is -1.93. The highest BCUT2D eigenvalue weighted by molar-refractivity contribution is 7.15. The summed E-state index contributed by atoms with van der Waals surface area (Å²) in [6.07, 6.45) is 4.18. The summed E-state index contributed by atoms with van der Waals surface area (Å²) in [4.78, 5) is 26.4. The first-order valence-electron chi connectivity index (χ1n) is 6.52. The molecule has 0 aromatic carbocycles. The number of amides is 1. The zero-order valence-corrected chi connectivity index (χ0v) is 12.2. The van der Waals surface area contributed by atoms with Crippen LogP contribution in [0.2, 0.25) is 0 Å². The summed E-state index contributed by atoms with van der Waals surface area (Å²) in [5.74, 6) is 0.419. The van der Waals surface area contributed by atoms with E-state index in [-0.39, 0.29) is 11.8 Å². The minimum Gasteiger partial charge on any atom is -0.302 e. The Morgan fingerprint density at radius 3 is 2.76 bits per heavy atom. The van der Waals surface area contributed by atoms with Crippen molar-refractivity contribution in [2.75, 3.05) is 18.4 Å². The maximum atomic E-state index is 12.8. The molecule has 1 saturated heterocycles. The first-order valence-corrected chi connectivity index (χ1v) is 7.34. The van der Waals surface area contributed by atoms with Crippen LogP contribution in [-0.2, 0) is 11.3 Å². The van der Waals surface area contributed by atoms with Crippen LogP contribution in [0.15, 0.2) is 18.6 Å². The number of nitrogens with one attached hydrogen (secondary N) is 1. The number of carbonyl (C=O) groups excluding carboxylic acids is 1. The Labute approximate surface area is 125 Å². The summed E-state index contributed by atoms with van der Waals surface area (Å²) in [6, 6.07) is 0. The Morgan fingerprint density at radius 1 is 1.38 bits per heavy atom. The molecule has 21 heavy (non-hydrogen) atoms. The largest absolute Gasteiger partial charge is 0.302 e. The predicted octanol–water partition coefficient (Wildman–Crippen LogP) is 1.63. The Balaban J connectivity index is 1.51. The standard InChI is InChI=1S/C13H14FN5OS/c1-8(20)18-13-17-4-11(21-13)7-19-5-9(6-19)12-15-2-10(14)3-16-12/h2-4,9H,5-7H2,1H3,(H,17,18,20). The predicted molar refractivity (Wildman–Crippen MR) is 76.4 cm³/mol. The van der Waals surface area contributed by atoms with Gasteiger partial charge in [-0.15, -0.1) is 11.3 Å². The van der Waals surface area contributed by atoms with Gasteiger partial charge in [0.05, 0.1) is 12.4 Å². The number of anilines is 1. The van der Waals surface area contributed by atoms with Gasteiger partial charge in [-0.25, -0.2) is 19.3 Å². The van der Waals surface area contributed by atoms with Gasteiger partial charge in [-0.1, -0.05) is 0 Å². The molecule has 0 bridgehead atoms. The van der Waals surface area contributed by atoms with E-state index < -0.39 is 5.82 Å². The topological polar surface area (TPSA) is 71.0 Å². The Kier molecular flexibility index (Phi) is 3.89. The van der Waals surface area contributed by atoms with E-state index in [1.807, 2.05) is 0 Å². The molecule has 0 unspecified atom stereocenters. The van der Waals surface area contributed by atoms with Gasteiger partial charge in [-0.3, -0.25) is 9.69 Å². The maximum absolute atomic E-state index is 12.8. The first kappa shape index (κ1) is 14.0. The van der Waals surface area contributed by atoms with Gasteiger partial charge in [-0.2, -0.15) is 0 Å². The molecule has 2 aromatic heterocycles. The molecule has 2 aromatic rings. The van der Waals surface area contributed by atoms with Crippen molar-refractivity contribution < 1.29 is 9.18 Å². The maximum Gasteiger partial charge on any atom is 0.223 e. The molecular formula is C13H14FN5OS. The van der Waals surface area contributed by atoms with Crippen LogP contribution < -0.4 is 5.32 Å². The zero-order valence-electron chi connectivity index (χ0n) is 11.4. The molecule has 1 aliphatic heterocycles. The number of hydrogen-bond acceptors (Lipinski definition) is 6. The summed E-state index contributed by atoms with van der Waals surface area (Å²) in [7, 11) is 0. The van der Waals surface area contributed by atoms with E-state index >= 15 is 0 Å². The summed E-state index contributed by atoms with van der Waals surface area (Å²) >= 11 is 1.47. The second kappa shape index (κ2) is 5.82. The van der Waals surface area contributed by atoms with Gasteiger partial charge in [0.25, 0.3) is 0 Å². The highest BCUT2D eigenvalue weighted by Crippen LogP contribution is 2.28. The molecule has 1 aliphatic rings. The summed E-state index contributed by atoms with van der Waals surface area (Å²) in [5.41, 5.74) is 0. The fourth-order valence-corrected chi connectivity index (χ4v) is 3.11. The lowest BCUT2D eigenvalue weighted by atomic mass is 9.99. The van der Waals surface area contributed by atoms with Crippen molar-refractivity contribution in [3.8, 4) is 0 Å². The molecule has 1 amide bonds. The Bertz CT molecular complexity index is 638. The van der Waals surface area contributed by atoms with Crippen LogP contribution in [0.1, 0.15) is 23.5 Å². The number of hydrogen-bond donors (Lipinski definition) is 1. The molecule has 3 heterocycles. The second-order valence-electron chi connectivity index (χ2n) is 4.96. The molecule has 0 radical (unpaired) electrons. The Morgan fingerprint density at radius 2 is 2.10 bits per heavy atom. The van der Waals surface area contributed by atoms with Crippen molar-refractivity contribution in [3.05, 3.63) is 35.1 Å². The van der Waals surface area contributed by atoms with Gasteiger partial charge in [0.1, 0.15) is 5.82 Å². The number of aromatic nitrogens is 3. The zero-order chi connectivity index (χ0) is 14.8. The molecule has 0 aliphatic carbocycles. The van der Waals surface area contributed by atoms with Crippen LogP contribution in [0, 0.1) is 5.82 Å². The van der Waals surface area contributed by atoms with Crippen molar-refractivity contribution in [2.45, 2.75) is 19.4 Å². The van der Waals surface area contributed by atoms with E-state index in [4.69, 9.17) is 0 Å². The summed E-state index contributed by atoms with van der Waals surface area (Å²) in [6.45, 7) is 3.94. The third-order valence-electron chi connectivity index (χ3n) is 3.18. The number of nitrogens with zero attached hydrogens (tertiary/aromatic N) is 4. The van der Waals surface area contributed by atoms with Crippen molar-refractivity contribution in [3.63, 3.8) is 0 Å². The van der Waals surface area contributed by atoms with E-state index in [1.54, 1.807) is 6.20 Å². The van der Waals surface area contributed by atoms with Crippen LogP contribution in [0.25, 0.3) is 0 Å². The fraction of sp³-hybridized carbons (Fsp3) is 0.385. The summed E-state index contributed by atoms with van der Waals surface area (Å²) < 4.78 is 12.8. The molecular weight excluding hydrogens is 293 g/mol. The van der Waals surface area contributed by atoms with Gasteiger partial charge in [0, 0.05) is 43.5 Å². The lowest BCUT2D eigenvalue weighted by Crippen LogP contribution is -2.44. The highest BCUT2D eigenvalue weighted by Gasteiger charge is 2.30. The van der Waals surface area contributed by atoms with Gasteiger partial charge in [0.2, 0.25) is 5.91 Å². The first-order chi connectivity index (χ1) is 10.1. The lowest BCUT2D eigenvalue weighted by Gasteiger charge is -2.37. The molecule has 6 nitrogen and oxygen atoms in total. The number of carbonyl (C=O) groups is 1. The van der Waals surface area contributed by atoms with Crippen LogP contribution in [-0.4, -0.2) is 38.8 Å². The third kappa shape index (κ3) is 3.40. The molecule has 8 heteroatoms. The van der Waals surface area contributed by atoms with Crippen LogP contribution in [0.3, 0.4) is 0 Å². The van der Waals surface area contributed by atoms with Gasteiger partial charge in [0.15, 0.2) is 10.9 Å². The third-order valence-corrected chi connectivity index (χ3v) is 4.08. The van der Waals surface area contributed by atoms with Crippen molar-refractivity contribution >= 4 is 22.4 Å². The summed E-state index contributed by atoms with van der Waals surface area (Å²) in [5, 5.41) is 3.29. The molecule has 1 fully saturated rings. The van der Waals surface area contributed by atoms with E-state index in [2.05, 4.69) is 25.2 Å². The SMILES string of the molecule is CC(=O)Nc1ncc(CN2CC(c3ncc(F)cn3)C2)s1. The molecule has 0 saturated carbocycles.